The molecule has 0 atom stereocenters. The number of benzene rings is 1. The number of imidazole rings is 1. The van der Waals surface area contributed by atoms with Gasteiger partial charge in [-0.3, -0.25) is 4.98 Å². The molecule has 7 heteroatoms. The van der Waals surface area contributed by atoms with Gasteiger partial charge in [0.2, 0.25) is 9.84 Å². The Kier molecular flexibility index (Phi) is 6.46. The van der Waals surface area contributed by atoms with Crippen molar-refractivity contribution in [2.24, 2.45) is 5.92 Å². The summed E-state index contributed by atoms with van der Waals surface area (Å²) in [4.78, 5) is 9.48. The molecule has 0 saturated heterocycles. The van der Waals surface area contributed by atoms with Crippen LogP contribution in [0.1, 0.15) is 64.4 Å². The molecule has 0 aliphatic heterocycles. The van der Waals surface area contributed by atoms with Gasteiger partial charge in [0, 0.05) is 23.7 Å². The van der Waals surface area contributed by atoms with Gasteiger partial charge in [0.25, 0.3) is 0 Å². The van der Waals surface area contributed by atoms with Gasteiger partial charge in [0.15, 0.2) is 0 Å². The Hall–Kier alpha value is -2.18. The van der Waals surface area contributed by atoms with Crippen molar-refractivity contribution in [2.75, 3.05) is 0 Å². The number of rotatable bonds is 5. The molecule has 1 saturated carbocycles. The number of pyridine rings is 1. The van der Waals surface area contributed by atoms with Gasteiger partial charge in [-0.1, -0.05) is 51.6 Å². The van der Waals surface area contributed by atoms with E-state index in [1.54, 1.807) is 18.2 Å². The van der Waals surface area contributed by atoms with E-state index in [2.05, 4.69) is 30.3 Å². The van der Waals surface area contributed by atoms with Gasteiger partial charge in [0.05, 0.1) is 26.5 Å². The summed E-state index contributed by atoms with van der Waals surface area (Å²) in [6, 6.07) is 8.34. The zero-order valence-corrected chi connectivity index (χ0v) is 20.5. The Labute approximate surface area is 195 Å². The molecule has 0 radical (unpaired) electrons. The highest BCUT2D eigenvalue weighted by Crippen LogP contribution is 2.33. The second-order valence-corrected chi connectivity index (χ2v) is 11.9. The molecule has 5 nitrogen and oxygen atoms in total. The summed E-state index contributed by atoms with van der Waals surface area (Å²) in [7, 11) is -3.70. The predicted octanol–water partition coefficient (Wildman–Crippen LogP) is 6.35. The van der Waals surface area contributed by atoms with Gasteiger partial charge in [-0.2, -0.15) is 0 Å². The average molecular weight is 472 g/mol. The van der Waals surface area contributed by atoms with Crippen LogP contribution in [-0.2, 0) is 21.8 Å². The van der Waals surface area contributed by atoms with E-state index in [1.807, 2.05) is 6.07 Å². The number of sulfone groups is 1. The third-order valence-corrected chi connectivity index (χ3v) is 8.04. The summed E-state index contributed by atoms with van der Waals surface area (Å²) in [6.45, 7) is 7.41. The number of fused-ring (bicyclic) bond motifs is 1. The van der Waals surface area contributed by atoms with Crippen LogP contribution in [0.25, 0.3) is 17.1 Å². The molecule has 1 aliphatic carbocycles. The van der Waals surface area contributed by atoms with Crippen LogP contribution in [0.5, 0.6) is 0 Å². The van der Waals surface area contributed by atoms with E-state index < -0.39 is 9.84 Å². The minimum Gasteiger partial charge on any atom is -0.327 e. The van der Waals surface area contributed by atoms with Crippen LogP contribution in [0.2, 0.25) is 0 Å². The van der Waals surface area contributed by atoms with E-state index >= 15 is 0 Å². The smallest absolute Gasteiger partial charge is 0.206 e. The molecule has 1 fully saturated rings. The average Bonchev–Trinajstić information content (AvgIpc) is 3.13. The fourth-order valence-corrected chi connectivity index (χ4v) is 5.98. The highest BCUT2D eigenvalue weighted by atomic mass is 35.5. The molecule has 1 aliphatic rings. The third-order valence-electron chi connectivity index (χ3n) is 6.16. The lowest BCUT2D eigenvalue weighted by Crippen LogP contribution is -2.22. The van der Waals surface area contributed by atoms with Crippen molar-refractivity contribution in [1.29, 1.82) is 0 Å². The van der Waals surface area contributed by atoms with Crippen molar-refractivity contribution in [2.45, 2.75) is 74.6 Å². The zero-order valence-electron chi connectivity index (χ0n) is 18.9. The molecular weight excluding hydrogens is 442 g/mol. The summed E-state index contributed by atoms with van der Waals surface area (Å²) in [5, 5.41) is 0. The molecule has 0 amide bonds. The summed E-state index contributed by atoms with van der Waals surface area (Å²) in [6.07, 6.45) is 9.44. The lowest BCUT2D eigenvalue weighted by molar-refractivity contribution is 0.313. The maximum absolute atomic E-state index is 13.3. The van der Waals surface area contributed by atoms with Gasteiger partial charge in [-0.05, 0) is 55.2 Å². The number of hydrogen-bond donors (Lipinski definition) is 0. The molecule has 3 aromatic rings. The maximum Gasteiger partial charge on any atom is 0.206 e. The number of hydrogen-bond acceptors (Lipinski definition) is 4. The highest BCUT2D eigenvalue weighted by molar-refractivity contribution is 7.91. The largest absolute Gasteiger partial charge is 0.327 e. The first-order valence-corrected chi connectivity index (χ1v) is 13.1. The SMILES string of the molecule is CC(C)(C)c1nc2cc(S(=O)(=O)c3ccnc(/C=C\Cl)c3)ccc2n1CC1CCCCC1. The van der Waals surface area contributed by atoms with Crippen LogP contribution < -0.4 is 0 Å². The normalized spacial score (nSPS) is 16.2. The van der Waals surface area contributed by atoms with E-state index in [-0.39, 0.29) is 15.2 Å². The van der Waals surface area contributed by atoms with Gasteiger partial charge >= 0.3 is 0 Å². The van der Waals surface area contributed by atoms with Gasteiger partial charge in [-0.15, -0.1) is 0 Å². The minimum atomic E-state index is -3.70. The van der Waals surface area contributed by atoms with Crippen molar-refractivity contribution in [3.05, 3.63) is 53.6 Å². The Balaban J connectivity index is 1.78. The van der Waals surface area contributed by atoms with Crippen molar-refractivity contribution in [1.82, 2.24) is 14.5 Å². The second kappa shape index (κ2) is 8.99. The minimum absolute atomic E-state index is 0.138. The summed E-state index contributed by atoms with van der Waals surface area (Å²) >= 11 is 5.63. The molecule has 0 N–H and O–H groups in total. The van der Waals surface area contributed by atoms with E-state index in [9.17, 15) is 8.42 Å². The van der Waals surface area contributed by atoms with E-state index in [4.69, 9.17) is 16.6 Å². The maximum atomic E-state index is 13.3. The Morgan fingerprint density at radius 1 is 1.09 bits per heavy atom. The highest BCUT2D eigenvalue weighted by Gasteiger charge is 2.27. The Morgan fingerprint density at radius 3 is 2.50 bits per heavy atom. The van der Waals surface area contributed by atoms with Crippen molar-refractivity contribution in [3.8, 4) is 0 Å². The van der Waals surface area contributed by atoms with Crippen LogP contribution in [0.4, 0.5) is 0 Å². The lowest BCUT2D eigenvalue weighted by Gasteiger charge is -2.26. The van der Waals surface area contributed by atoms with Crippen LogP contribution in [-0.4, -0.2) is 23.0 Å². The van der Waals surface area contributed by atoms with Crippen LogP contribution in [0, 0.1) is 5.92 Å². The van der Waals surface area contributed by atoms with Gasteiger partial charge in [0.1, 0.15) is 5.82 Å². The van der Waals surface area contributed by atoms with Crippen molar-refractivity contribution in [3.63, 3.8) is 0 Å². The van der Waals surface area contributed by atoms with Crippen LogP contribution in [0.15, 0.2) is 51.9 Å². The topological polar surface area (TPSA) is 64.8 Å². The van der Waals surface area contributed by atoms with E-state index in [1.165, 1.54) is 56.0 Å². The fourth-order valence-electron chi connectivity index (χ4n) is 4.55. The molecule has 0 bridgehead atoms. The quantitative estimate of drug-likeness (QED) is 0.434. The molecule has 170 valence electrons. The Morgan fingerprint density at radius 2 is 1.81 bits per heavy atom. The fraction of sp³-hybridized carbons (Fsp3) is 0.440. The van der Waals surface area contributed by atoms with E-state index in [0.29, 0.717) is 11.6 Å². The molecule has 2 aromatic heterocycles. The summed E-state index contributed by atoms with van der Waals surface area (Å²) in [5.74, 6) is 1.65. The Bertz CT molecular complexity index is 1250. The molecule has 2 heterocycles. The molecule has 0 unspecified atom stereocenters. The summed E-state index contributed by atoms with van der Waals surface area (Å²) in [5.41, 5.74) is 3.40. The van der Waals surface area contributed by atoms with Crippen LogP contribution >= 0.6 is 11.6 Å². The zero-order chi connectivity index (χ0) is 22.9. The lowest BCUT2D eigenvalue weighted by atomic mass is 9.88. The second-order valence-electron chi connectivity index (χ2n) is 9.66. The van der Waals surface area contributed by atoms with Gasteiger partial charge < -0.3 is 4.57 Å². The molecule has 32 heavy (non-hydrogen) atoms. The first-order valence-electron chi connectivity index (χ1n) is 11.2. The molecular formula is C25H30ClN3O2S. The first kappa shape index (κ1) is 23.0. The van der Waals surface area contributed by atoms with Crippen LogP contribution in [0.3, 0.4) is 0 Å². The predicted molar refractivity (Wildman–Crippen MR) is 130 cm³/mol. The number of nitrogens with zero attached hydrogens (tertiary/aromatic N) is 3. The standard InChI is InChI=1S/C25H30ClN3O2S/c1-25(2,3)24-28-22-16-20(32(30,31)21-12-14-27-19(15-21)11-13-26)9-10-23(22)29(24)17-18-7-5-4-6-8-18/h9-16,18H,4-8,17H2,1-3H3/b13-11-. The molecule has 4 rings (SSSR count). The van der Waals surface area contributed by atoms with Crippen molar-refractivity contribution >= 4 is 38.5 Å². The third kappa shape index (κ3) is 4.62. The van der Waals surface area contributed by atoms with Gasteiger partial charge in [-0.25, -0.2) is 13.4 Å². The summed E-state index contributed by atoms with van der Waals surface area (Å²) < 4.78 is 29.0. The van der Waals surface area contributed by atoms with Crippen molar-refractivity contribution < 1.29 is 8.42 Å². The van der Waals surface area contributed by atoms with E-state index in [0.717, 1.165) is 23.4 Å². The molecule has 1 aromatic carbocycles. The molecule has 0 spiro atoms. The number of halogens is 1. The monoisotopic (exact) mass is 471 g/mol. The first-order chi connectivity index (χ1) is 15.2. The number of aromatic nitrogens is 3.